The molecule has 0 aromatic heterocycles. The summed E-state index contributed by atoms with van der Waals surface area (Å²) in [6.45, 7) is 0. The topological polar surface area (TPSA) is 70.3 Å². The quantitative estimate of drug-likeness (QED) is 0.500. The van der Waals surface area contributed by atoms with Crippen molar-refractivity contribution in [1.82, 2.24) is 0 Å². The molecule has 1 N–H and O–H groups in total. The van der Waals surface area contributed by atoms with Crippen LogP contribution in [0.3, 0.4) is 0 Å². The number of halogens is 2. The fourth-order valence-corrected chi connectivity index (χ4v) is 2.30. The van der Waals surface area contributed by atoms with Crippen molar-refractivity contribution in [3.05, 3.63) is 32.2 Å². The van der Waals surface area contributed by atoms with Gasteiger partial charge in [0.25, 0.3) is 0 Å². The van der Waals surface area contributed by atoms with Crippen LogP contribution in [0.4, 0.5) is 0 Å². The molecule has 4 nitrogen and oxygen atoms in total. The van der Waals surface area contributed by atoms with E-state index >= 15 is 0 Å². The number of carbonyl (C=O) groups is 1. The van der Waals surface area contributed by atoms with Crippen molar-refractivity contribution in [2.75, 3.05) is 7.11 Å². The largest absolute Gasteiger partial charge is 0.506 e. The molecule has 0 heterocycles. The highest BCUT2D eigenvalue weighted by Crippen LogP contribution is 2.33. The van der Waals surface area contributed by atoms with Gasteiger partial charge in [-0.2, -0.15) is 5.26 Å². The van der Waals surface area contributed by atoms with Crippen LogP contribution in [0.25, 0.3) is 6.08 Å². The summed E-state index contributed by atoms with van der Waals surface area (Å²) in [6, 6.07) is 4.92. The Labute approximate surface area is 115 Å². The Morgan fingerprint density at radius 3 is 2.41 bits per heavy atom. The molecule has 1 aromatic carbocycles. The Bertz CT molecular complexity index is 509. The highest BCUT2D eigenvalue weighted by Gasteiger charge is 2.10. The number of benzene rings is 1. The summed E-state index contributed by atoms with van der Waals surface area (Å²) in [5, 5.41) is 18.3. The monoisotopic (exact) mass is 359 g/mol. The fraction of sp³-hybridized carbons (Fsp3) is 0.0909. The Balaban J connectivity index is 3.23. The van der Waals surface area contributed by atoms with E-state index in [-0.39, 0.29) is 11.3 Å². The summed E-state index contributed by atoms with van der Waals surface area (Å²) in [7, 11) is 1.20. The van der Waals surface area contributed by atoms with Crippen LogP contribution in [0.2, 0.25) is 0 Å². The molecule has 0 bridgehead atoms. The second kappa shape index (κ2) is 5.84. The van der Waals surface area contributed by atoms with Gasteiger partial charge in [0.15, 0.2) is 0 Å². The van der Waals surface area contributed by atoms with Crippen LogP contribution in [-0.2, 0) is 9.53 Å². The summed E-state index contributed by atoms with van der Waals surface area (Å²) in [5.74, 6) is -0.647. The Kier molecular flexibility index (Phi) is 4.73. The van der Waals surface area contributed by atoms with Crippen molar-refractivity contribution in [3.8, 4) is 11.8 Å². The number of rotatable bonds is 2. The van der Waals surface area contributed by atoms with Gasteiger partial charge in [-0.25, -0.2) is 4.79 Å². The minimum absolute atomic E-state index is 0.0544. The van der Waals surface area contributed by atoms with E-state index in [1.54, 1.807) is 18.2 Å². The number of nitrogens with zero attached hydrogens (tertiary/aromatic N) is 1. The van der Waals surface area contributed by atoms with Crippen LogP contribution in [0.5, 0.6) is 5.75 Å². The number of carbonyl (C=O) groups excluding carboxylic acids is 1. The predicted molar refractivity (Wildman–Crippen MR) is 69.1 cm³/mol. The van der Waals surface area contributed by atoms with Gasteiger partial charge in [-0.1, -0.05) is 0 Å². The van der Waals surface area contributed by atoms with Gasteiger partial charge in [0.1, 0.15) is 17.4 Å². The second-order valence-corrected chi connectivity index (χ2v) is 4.70. The van der Waals surface area contributed by atoms with Crippen molar-refractivity contribution >= 4 is 43.9 Å². The first-order valence-corrected chi connectivity index (χ1v) is 5.96. The molecular weight excluding hydrogens is 354 g/mol. The maximum Gasteiger partial charge on any atom is 0.348 e. The van der Waals surface area contributed by atoms with Gasteiger partial charge >= 0.3 is 5.97 Å². The number of aromatic hydroxyl groups is 1. The zero-order valence-electron chi connectivity index (χ0n) is 8.70. The van der Waals surface area contributed by atoms with Crippen LogP contribution in [-0.4, -0.2) is 18.2 Å². The van der Waals surface area contributed by atoms with Crippen molar-refractivity contribution in [1.29, 1.82) is 5.26 Å². The van der Waals surface area contributed by atoms with Crippen LogP contribution < -0.4 is 0 Å². The first kappa shape index (κ1) is 13.7. The van der Waals surface area contributed by atoms with Crippen LogP contribution in [0.1, 0.15) is 5.56 Å². The third kappa shape index (κ3) is 3.32. The van der Waals surface area contributed by atoms with Crippen LogP contribution >= 0.6 is 31.9 Å². The van der Waals surface area contributed by atoms with Crippen LogP contribution in [0.15, 0.2) is 26.7 Å². The van der Waals surface area contributed by atoms with Gasteiger partial charge in [0, 0.05) is 0 Å². The average molecular weight is 361 g/mol. The number of nitriles is 1. The molecule has 0 aliphatic carbocycles. The molecule has 0 spiro atoms. The standard InChI is InChI=1S/C11H7Br2NO3/c1-17-11(16)7(5-14)2-6-3-8(12)10(15)9(13)4-6/h2-4,15H,1H3/b7-2+. The molecule has 0 unspecified atom stereocenters. The number of phenols is 1. The van der Waals surface area contributed by atoms with Gasteiger partial charge in [-0.15, -0.1) is 0 Å². The molecule has 6 heteroatoms. The lowest BCUT2D eigenvalue weighted by molar-refractivity contribution is -0.135. The van der Waals surface area contributed by atoms with Gasteiger partial charge in [-0.05, 0) is 55.6 Å². The number of phenolic OH excluding ortho intramolecular Hbond substituents is 1. The number of hydrogen-bond donors (Lipinski definition) is 1. The SMILES string of the molecule is COC(=O)/C(C#N)=C/c1cc(Br)c(O)c(Br)c1. The van der Waals surface area contributed by atoms with Crippen molar-refractivity contribution < 1.29 is 14.6 Å². The molecule has 1 rings (SSSR count). The van der Waals surface area contributed by atoms with Gasteiger partial charge < -0.3 is 9.84 Å². The maximum atomic E-state index is 11.2. The number of hydrogen-bond acceptors (Lipinski definition) is 4. The first-order chi connectivity index (χ1) is 7.99. The van der Waals surface area contributed by atoms with Crippen molar-refractivity contribution in [2.24, 2.45) is 0 Å². The van der Waals surface area contributed by atoms with Crippen LogP contribution in [0, 0.1) is 11.3 Å². The molecule has 0 saturated carbocycles. The van der Waals surface area contributed by atoms with E-state index in [9.17, 15) is 9.90 Å². The summed E-state index contributed by atoms with van der Waals surface area (Å²) < 4.78 is 5.37. The highest BCUT2D eigenvalue weighted by molar-refractivity contribution is 9.11. The molecule has 0 fully saturated rings. The molecule has 0 aliphatic heterocycles. The molecule has 0 amide bonds. The summed E-state index contributed by atoms with van der Waals surface area (Å²) >= 11 is 6.31. The second-order valence-electron chi connectivity index (χ2n) is 2.99. The molecule has 0 atom stereocenters. The normalized spacial score (nSPS) is 10.8. The lowest BCUT2D eigenvalue weighted by Gasteiger charge is -2.03. The van der Waals surface area contributed by atoms with E-state index in [1.807, 2.05) is 0 Å². The number of ether oxygens (including phenoxy) is 1. The Morgan fingerprint density at radius 1 is 1.47 bits per heavy atom. The predicted octanol–water partition coefficient (Wildman–Crippen LogP) is 3.00. The zero-order valence-corrected chi connectivity index (χ0v) is 11.9. The minimum Gasteiger partial charge on any atom is -0.506 e. The number of methoxy groups -OCH3 is 1. The molecule has 0 aliphatic rings. The summed E-state index contributed by atoms with van der Waals surface area (Å²) in [4.78, 5) is 11.2. The summed E-state index contributed by atoms with van der Waals surface area (Å²) in [6.07, 6.45) is 1.38. The Morgan fingerprint density at radius 2 is 2.00 bits per heavy atom. The lowest BCUT2D eigenvalue weighted by atomic mass is 10.1. The zero-order chi connectivity index (χ0) is 13.0. The number of esters is 1. The Hall–Kier alpha value is -1.32. The van der Waals surface area contributed by atoms with Crippen molar-refractivity contribution in [2.45, 2.75) is 0 Å². The molecule has 17 heavy (non-hydrogen) atoms. The minimum atomic E-state index is -0.701. The van der Waals surface area contributed by atoms with Gasteiger partial charge in [-0.3, -0.25) is 0 Å². The average Bonchev–Trinajstić information content (AvgIpc) is 2.31. The third-order valence-corrected chi connectivity index (χ3v) is 3.08. The summed E-state index contributed by atoms with van der Waals surface area (Å²) in [5.41, 5.74) is 0.473. The maximum absolute atomic E-state index is 11.2. The third-order valence-electron chi connectivity index (χ3n) is 1.88. The fourth-order valence-electron chi connectivity index (χ4n) is 1.08. The molecule has 0 saturated heterocycles. The smallest absolute Gasteiger partial charge is 0.348 e. The van der Waals surface area contributed by atoms with E-state index in [4.69, 9.17) is 5.26 Å². The molecule has 88 valence electrons. The van der Waals surface area contributed by atoms with Gasteiger partial charge in [0.2, 0.25) is 0 Å². The van der Waals surface area contributed by atoms with E-state index in [0.717, 1.165) is 0 Å². The van der Waals surface area contributed by atoms with Gasteiger partial charge in [0.05, 0.1) is 16.1 Å². The molecular formula is C11H7Br2NO3. The van der Waals surface area contributed by atoms with E-state index in [2.05, 4.69) is 36.6 Å². The molecule has 1 aromatic rings. The highest BCUT2D eigenvalue weighted by atomic mass is 79.9. The van der Waals surface area contributed by atoms with E-state index in [1.165, 1.54) is 13.2 Å². The van der Waals surface area contributed by atoms with Crippen molar-refractivity contribution in [3.63, 3.8) is 0 Å². The van der Waals surface area contributed by atoms with E-state index < -0.39 is 5.97 Å². The lowest BCUT2D eigenvalue weighted by Crippen LogP contribution is -2.02. The van der Waals surface area contributed by atoms with E-state index in [0.29, 0.717) is 14.5 Å². The molecule has 0 radical (unpaired) electrons. The first-order valence-electron chi connectivity index (χ1n) is 4.37.